The molecule has 4 heteroatoms. The molecule has 1 aromatic rings. The van der Waals surface area contributed by atoms with Crippen molar-refractivity contribution in [1.82, 2.24) is 0 Å². The monoisotopic (exact) mass is 212 g/mol. The number of hydrogen-bond donors (Lipinski definition) is 2. The Kier molecular flexibility index (Phi) is 3.83. The van der Waals surface area contributed by atoms with Gasteiger partial charge in [-0.2, -0.15) is 0 Å². The van der Waals surface area contributed by atoms with Gasteiger partial charge in [-0.1, -0.05) is 6.07 Å². The summed E-state index contributed by atoms with van der Waals surface area (Å²) in [4.78, 5) is 11.3. The zero-order valence-electron chi connectivity index (χ0n) is 7.86. The molecular formula is C10H12O3S. The molecule has 0 bridgehead atoms. The molecule has 3 nitrogen and oxygen atoms in total. The van der Waals surface area contributed by atoms with Gasteiger partial charge >= 0.3 is 5.97 Å². The van der Waals surface area contributed by atoms with Crippen LogP contribution in [0.15, 0.2) is 23.1 Å². The summed E-state index contributed by atoms with van der Waals surface area (Å²) in [5.74, 6) is -0.668. The second-order valence-corrected chi connectivity index (χ2v) is 3.70. The fourth-order valence-corrected chi connectivity index (χ4v) is 1.90. The summed E-state index contributed by atoms with van der Waals surface area (Å²) in [5.41, 5.74) is 0.724. The number of phenols is 1. The number of carboxylic acids is 1. The molecule has 0 aliphatic heterocycles. The van der Waals surface area contributed by atoms with E-state index in [0.29, 0.717) is 6.42 Å². The van der Waals surface area contributed by atoms with E-state index in [1.807, 2.05) is 12.3 Å². The van der Waals surface area contributed by atoms with Crippen LogP contribution in [0.1, 0.15) is 12.0 Å². The number of aromatic hydroxyl groups is 1. The van der Waals surface area contributed by atoms with Crippen molar-refractivity contribution in [2.75, 3.05) is 6.26 Å². The zero-order valence-corrected chi connectivity index (χ0v) is 8.67. The maximum atomic E-state index is 10.4. The molecule has 0 saturated carbocycles. The number of carboxylic acid groups (broad SMARTS) is 1. The minimum atomic E-state index is -0.847. The molecule has 0 unspecified atom stereocenters. The van der Waals surface area contributed by atoms with Gasteiger partial charge in [0.1, 0.15) is 5.75 Å². The molecule has 0 aliphatic rings. The van der Waals surface area contributed by atoms with Crippen molar-refractivity contribution < 1.29 is 15.0 Å². The fraction of sp³-hybridized carbons (Fsp3) is 0.300. The van der Waals surface area contributed by atoms with Crippen molar-refractivity contribution in [1.29, 1.82) is 0 Å². The van der Waals surface area contributed by atoms with Gasteiger partial charge in [0.2, 0.25) is 0 Å². The highest BCUT2D eigenvalue weighted by Gasteiger charge is 2.08. The third-order valence-electron chi connectivity index (χ3n) is 1.92. The quantitative estimate of drug-likeness (QED) is 0.751. The molecule has 0 aliphatic carbocycles. The first-order chi connectivity index (χ1) is 6.65. The number of carbonyl (C=O) groups is 1. The van der Waals surface area contributed by atoms with Crippen LogP contribution < -0.4 is 0 Å². The van der Waals surface area contributed by atoms with Crippen molar-refractivity contribution in [3.05, 3.63) is 23.8 Å². The number of phenolic OH excluding ortho intramolecular Hbond substituents is 1. The van der Waals surface area contributed by atoms with E-state index in [-0.39, 0.29) is 12.2 Å². The topological polar surface area (TPSA) is 57.5 Å². The highest BCUT2D eigenvalue weighted by atomic mass is 32.2. The highest BCUT2D eigenvalue weighted by Crippen LogP contribution is 2.28. The van der Waals surface area contributed by atoms with E-state index in [0.717, 1.165) is 10.5 Å². The van der Waals surface area contributed by atoms with Gasteiger partial charge in [0.15, 0.2) is 0 Å². The lowest BCUT2D eigenvalue weighted by Gasteiger charge is -2.07. The molecule has 1 rings (SSSR count). The van der Waals surface area contributed by atoms with Crippen LogP contribution in [0.3, 0.4) is 0 Å². The van der Waals surface area contributed by atoms with E-state index in [1.54, 1.807) is 12.1 Å². The van der Waals surface area contributed by atoms with E-state index in [4.69, 9.17) is 5.11 Å². The molecule has 0 aromatic heterocycles. The smallest absolute Gasteiger partial charge is 0.303 e. The highest BCUT2D eigenvalue weighted by molar-refractivity contribution is 7.98. The van der Waals surface area contributed by atoms with E-state index in [2.05, 4.69) is 0 Å². The Morgan fingerprint density at radius 3 is 2.79 bits per heavy atom. The average molecular weight is 212 g/mol. The normalized spacial score (nSPS) is 10.1. The lowest BCUT2D eigenvalue weighted by molar-refractivity contribution is -0.136. The van der Waals surface area contributed by atoms with Crippen LogP contribution in [0.2, 0.25) is 0 Å². The Morgan fingerprint density at radius 1 is 1.50 bits per heavy atom. The maximum absolute atomic E-state index is 10.4. The van der Waals surface area contributed by atoms with Crippen LogP contribution >= 0.6 is 11.8 Å². The summed E-state index contributed by atoms with van der Waals surface area (Å²) in [6.45, 7) is 0. The third kappa shape index (κ3) is 2.67. The third-order valence-corrected chi connectivity index (χ3v) is 2.74. The summed E-state index contributed by atoms with van der Waals surface area (Å²) >= 11 is 1.51. The van der Waals surface area contributed by atoms with Crippen LogP contribution in [-0.4, -0.2) is 22.4 Å². The molecule has 0 radical (unpaired) electrons. The van der Waals surface area contributed by atoms with Crippen molar-refractivity contribution in [3.63, 3.8) is 0 Å². The number of thioether (sulfide) groups is 1. The lowest BCUT2D eigenvalue weighted by atomic mass is 10.1. The Balaban J connectivity index is 2.87. The predicted molar refractivity (Wildman–Crippen MR) is 55.8 cm³/mol. The van der Waals surface area contributed by atoms with Crippen molar-refractivity contribution >= 4 is 17.7 Å². The van der Waals surface area contributed by atoms with Crippen LogP contribution in [0.5, 0.6) is 5.75 Å². The fourth-order valence-electron chi connectivity index (χ4n) is 1.23. The van der Waals surface area contributed by atoms with Gasteiger partial charge in [-0.3, -0.25) is 4.79 Å². The SMILES string of the molecule is CSc1cccc(O)c1CCC(=O)O. The molecule has 0 amide bonds. The van der Waals surface area contributed by atoms with Crippen molar-refractivity contribution in [2.24, 2.45) is 0 Å². The summed E-state index contributed by atoms with van der Waals surface area (Å²) in [6.07, 6.45) is 2.32. The summed E-state index contributed by atoms with van der Waals surface area (Å²) in [6, 6.07) is 5.21. The van der Waals surface area contributed by atoms with Gasteiger partial charge in [-0.05, 0) is 24.8 Å². The molecule has 0 spiro atoms. The second-order valence-electron chi connectivity index (χ2n) is 2.85. The van der Waals surface area contributed by atoms with E-state index < -0.39 is 5.97 Å². The van der Waals surface area contributed by atoms with Crippen molar-refractivity contribution in [3.8, 4) is 5.75 Å². The first-order valence-electron chi connectivity index (χ1n) is 4.21. The standard InChI is InChI=1S/C10H12O3S/c1-14-9-4-2-3-8(11)7(9)5-6-10(12)13/h2-4,11H,5-6H2,1H3,(H,12,13). The molecule has 0 atom stereocenters. The predicted octanol–water partition coefficient (Wildman–Crippen LogP) is 2.13. The van der Waals surface area contributed by atoms with Crippen LogP contribution in [-0.2, 0) is 11.2 Å². The van der Waals surface area contributed by atoms with Crippen LogP contribution in [0.4, 0.5) is 0 Å². The molecule has 0 saturated heterocycles. The molecule has 2 N–H and O–H groups in total. The largest absolute Gasteiger partial charge is 0.508 e. The van der Waals surface area contributed by atoms with E-state index in [1.165, 1.54) is 11.8 Å². The van der Waals surface area contributed by atoms with E-state index >= 15 is 0 Å². The molecule has 1 aromatic carbocycles. The minimum Gasteiger partial charge on any atom is -0.508 e. The maximum Gasteiger partial charge on any atom is 0.303 e. The molecule has 0 heterocycles. The van der Waals surface area contributed by atoms with Gasteiger partial charge in [0.25, 0.3) is 0 Å². The van der Waals surface area contributed by atoms with Crippen LogP contribution in [0, 0.1) is 0 Å². The minimum absolute atomic E-state index is 0.0468. The van der Waals surface area contributed by atoms with Crippen LogP contribution in [0.25, 0.3) is 0 Å². The lowest BCUT2D eigenvalue weighted by Crippen LogP contribution is -1.98. The van der Waals surface area contributed by atoms with Gasteiger partial charge < -0.3 is 10.2 Å². The van der Waals surface area contributed by atoms with Gasteiger partial charge in [-0.25, -0.2) is 0 Å². The second kappa shape index (κ2) is 4.91. The molecule has 76 valence electrons. The summed E-state index contributed by atoms with van der Waals surface area (Å²) < 4.78 is 0. The Bertz CT molecular complexity index is 336. The van der Waals surface area contributed by atoms with Crippen molar-refractivity contribution in [2.45, 2.75) is 17.7 Å². The molecule has 14 heavy (non-hydrogen) atoms. The summed E-state index contributed by atoms with van der Waals surface area (Å²) in [7, 11) is 0. The van der Waals surface area contributed by atoms with Gasteiger partial charge in [0.05, 0.1) is 0 Å². The number of benzene rings is 1. The van der Waals surface area contributed by atoms with Gasteiger partial charge in [-0.15, -0.1) is 11.8 Å². The number of aliphatic carboxylic acids is 1. The first kappa shape index (κ1) is 10.9. The number of hydrogen-bond acceptors (Lipinski definition) is 3. The Morgan fingerprint density at radius 2 is 2.21 bits per heavy atom. The Labute approximate surface area is 86.8 Å². The molecular weight excluding hydrogens is 200 g/mol. The summed E-state index contributed by atoms with van der Waals surface area (Å²) in [5, 5.41) is 18.1. The first-order valence-corrected chi connectivity index (χ1v) is 5.44. The molecule has 0 fully saturated rings. The number of rotatable bonds is 4. The zero-order chi connectivity index (χ0) is 10.6. The van der Waals surface area contributed by atoms with Gasteiger partial charge in [0, 0.05) is 16.9 Å². The average Bonchev–Trinajstić information content (AvgIpc) is 2.15. The van der Waals surface area contributed by atoms with E-state index in [9.17, 15) is 9.90 Å². The Hall–Kier alpha value is -1.16.